The van der Waals surface area contributed by atoms with Gasteiger partial charge in [0.05, 0.1) is 33.5 Å². The van der Waals surface area contributed by atoms with Gasteiger partial charge in [-0.2, -0.15) is 0 Å². The van der Waals surface area contributed by atoms with Crippen molar-refractivity contribution in [3.63, 3.8) is 0 Å². The number of aromatic nitrogens is 1. The van der Waals surface area contributed by atoms with Crippen LogP contribution < -0.4 is 4.90 Å². The van der Waals surface area contributed by atoms with Crippen LogP contribution in [0.25, 0.3) is 72.0 Å². The van der Waals surface area contributed by atoms with E-state index >= 15 is 4.79 Å². The van der Waals surface area contributed by atoms with Crippen LogP contribution in [-0.2, 0) is 0 Å². The van der Waals surface area contributed by atoms with E-state index in [0.29, 0.717) is 22.5 Å². The fraction of sp³-hybridized carbons (Fsp3) is 0.0741. The minimum Gasteiger partial charge on any atom is -0.308 e. The van der Waals surface area contributed by atoms with Gasteiger partial charge < -0.3 is 4.57 Å². The molecule has 10 rings (SSSR count). The highest BCUT2D eigenvalue weighted by Gasteiger charge is 2.41. The summed E-state index contributed by atoms with van der Waals surface area (Å²) in [5, 5.41) is 2.14. The Balaban J connectivity index is 1.24. The largest absolute Gasteiger partial charge is 0.308 e. The lowest BCUT2D eigenvalue weighted by Crippen LogP contribution is -2.30. The molecule has 0 radical (unpaired) electrons. The van der Waals surface area contributed by atoms with Gasteiger partial charge in [-0.3, -0.25) is 9.59 Å². The highest BCUT2D eigenvalue weighted by molar-refractivity contribution is 6.37. The summed E-state index contributed by atoms with van der Waals surface area (Å²) in [4.78, 5) is 31.7. The molecule has 1 aliphatic rings. The molecule has 58 heavy (non-hydrogen) atoms. The predicted molar refractivity (Wildman–Crippen MR) is 239 cm³/mol. The maximum atomic E-state index is 15.4. The molecule has 0 saturated heterocycles. The van der Waals surface area contributed by atoms with E-state index in [9.17, 15) is 4.79 Å². The normalized spacial score (nSPS) is 12.5. The molecule has 4 heteroatoms. The number of rotatable bonds is 6. The monoisotopic (exact) mass is 748 g/mol. The lowest BCUT2D eigenvalue weighted by atomic mass is 9.95. The van der Waals surface area contributed by atoms with Crippen LogP contribution in [0.15, 0.2) is 170 Å². The number of para-hydroxylation sites is 1. The molecule has 8 aromatic carbocycles. The number of anilines is 1. The third-order valence-electron chi connectivity index (χ3n) is 11.4. The molecule has 1 aromatic heterocycles. The van der Waals surface area contributed by atoms with E-state index in [0.717, 1.165) is 66.3 Å². The molecule has 0 saturated carbocycles. The number of hydrogen-bond donors (Lipinski definition) is 0. The van der Waals surface area contributed by atoms with E-state index in [1.165, 1.54) is 27.2 Å². The van der Waals surface area contributed by atoms with Gasteiger partial charge in [0.2, 0.25) is 0 Å². The van der Waals surface area contributed by atoms with Crippen LogP contribution in [-0.4, -0.2) is 16.4 Å². The molecule has 2 heterocycles. The number of carbonyl (C=O) groups excluding carboxylic acids is 2. The van der Waals surface area contributed by atoms with E-state index < -0.39 is 0 Å². The Kier molecular flexibility index (Phi) is 8.31. The van der Waals surface area contributed by atoms with Crippen molar-refractivity contribution in [2.24, 2.45) is 0 Å². The summed E-state index contributed by atoms with van der Waals surface area (Å²) in [5.41, 5.74) is 16.6. The summed E-state index contributed by atoms with van der Waals surface area (Å²) in [7, 11) is 0. The van der Waals surface area contributed by atoms with E-state index in [2.05, 4.69) is 105 Å². The van der Waals surface area contributed by atoms with E-state index in [4.69, 9.17) is 0 Å². The first-order valence-corrected chi connectivity index (χ1v) is 19.7. The molecule has 0 aliphatic carbocycles. The number of hydrogen-bond acceptors (Lipinski definition) is 2. The zero-order valence-electron chi connectivity index (χ0n) is 32.9. The number of amides is 2. The minimum absolute atomic E-state index is 0.338. The van der Waals surface area contributed by atoms with Crippen molar-refractivity contribution < 1.29 is 9.59 Å². The molecule has 278 valence electrons. The Bertz CT molecular complexity index is 2930. The highest BCUT2D eigenvalue weighted by atomic mass is 16.2. The van der Waals surface area contributed by atoms with Crippen molar-refractivity contribution in [3.05, 3.63) is 203 Å². The molecule has 0 fully saturated rings. The molecule has 0 atom stereocenters. The van der Waals surface area contributed by atoms with Gasteiger partial charge in [0.1, 0.15) is 0 Å². The standard InChI is InChI=1S/C54H40N2O2/c1-33-25-34(2)28-41(27-33)39-21-23-45-46-24-22-40(42-29-35(3)26-36(4)30-42)32-50(46)55(49(45)31-39)48-20-12-19-47-51(48)54(58)56(53(47)57)52-43(37-13-7-5-8-14-37)17-11-18-44(52)38-15-9-6-10-16-38/h5-32H,1-4H3. The van der Waals surface area contributed by atoms with Gasteiger partial charge in [0, 0.05) is 21.9 Å². The second-order valence-corrected chi connectivity index (χ2v) is 15.6. The number of carbonyl (C=O) groups is 2. The fourth-order valence-electron chi connectivity index (χ4n) is 9.06. The number of benzene rings is 8. The smallest absolute Gasteiger partial charge is 0.268 e. The average Bonchev–Trinajstić information content (AvgIpc) is 3.69. The van der Waals surface area contributed by atoms with Crippen LogP contribution in [0.4, 0.5) is 5.69 Å². The summed E-state index contributed by atoms with van der Waals surface area (Å²) in [6.45, 7) is 8.51. The van der Waals surface area contributed by atoms with Crippen molar-refractivity contribution >= 4 is 39.3 Å². The first-order chi connectivity index (χ1) is 28.2. The molecule has 9 aromatic rings. The van der Waals surface area contributed by atoms with Crippen molar-refractivity contribution in [3.8, 4) is 50.2 Å². The van der Waals surface area contributed by atoms with Crippen LogP contribution in [0.1, 0.15) is 43.0 Å². The van der Waals surface area contributed by atoms with E-state index in [-0.39, 0.29) is 11.8 Å². The molecule has 2 amide bonds. The quantitative estimate of drug-likeness (QED) is 0.159. The summed E-state index contributed by atoms with van der Waals surface area (Å²) in [6, 6.07) is 58.1. The third kappa shape index (κ3) is 5.76. The van der Waals surface area contributed by atoms with E-state index in [1.54, 1.807) is 6.07 Å². The Labute approximate surface area is 338 Å². The zero-order valence-corrected chi connectivity index (χ0v) is 32.9. The number of fused-ring (bicyclic) bond motifs is 4. The van der Waals surface area contributed by atoms with Gasteiger partial charge in [-0.25, -0.2) is 4.90 Å². The number of imide groups is 1. The van der Waals surface area contributed by atoms with Crippen molar-refractivity contribution in [1.82, 2.24) is 4.57 Å². The molecule has 0 N–H and O–H groups in total. The van der Waals surface area contributed by atoms with Gasteiger partial charge in [-0.1, -0.05) is 168 Å². The summed E-state index contributed by atoms with van der Waals surface area (Å²) in [5.74, 6) is -0.683. The second kappa shape index (κ2) is 13.7. The molecule has 1 aliphatic heterocycles. The number of nitrogens with zero attached hydrogens (tertiary/aromatic N) is 2. The van der Waals surface area contributed by atoms with Crippen LogP contribution in [0.3, 0.4) is 0 Å². The third-order valence-corrected chi connectivity index (χ3v) is 11.4. The second-order valence-electron chi connectivity index (χ2n) is 15.6. The van der Waals surface area contributed by atoms with E-state index in [1.807, 2.05) is 91.0 Å². The van der Waals surface area contributed by atoms with Crippen LogP contribution in [0.2, 0.25) is 0 Å². The molecular formula is C54H40N2O2. The zero-order chi connectivity index (χ0) is 39.7. The predicted octanol–water partition coefficient (Wildman–Crippen LogP) is 13.5. The summed E-state index contributed by atoms with van der Waals surface area (Å²) in [6.07, 6.45) is 0. The average molecular weight is 749 g/mol. The lowest BCUT2D eigenvalue weighted by molar-refractivity contribution is 0.0926. The Hall–Kier alpha value is -7.30. The summed E-state index contributed by atoms with van der Waals surface area (Å²) < 4.78 is 2.21. The maximum absolute atomic E-state index is 15.4. The van der Waals surface area contributed by atoms with Crippen LogP contribution in [0, 0.1) is 27.7 Å². The minimum atomic E-state index is -0.345. The molecular weight excluding hydrogens is 709 g/mol. The van der Waals surface area contributed by atoms with Gasteiger partial charge in [0.15, 0.2) is 0 Å². The SMILES string of the molecule is Cc1cc(C)cc(-c2ccc3c4ccc(-c5cc(C)cc(C)c5)cc4n(-c4cccc5c4C(=O)N(c4c(-c6ccccc6)cccc4-c4ccccc4)C5=O)c3c2)c1. The fourth-order valence-corrected chi connectivity index (χ4v) is 9.06. The lowest BCUT2D eigenvalue weighted by Gasteiger charge is -2.23. The van der Waals surface area contributed by atoms with Crippen molar-refractivity contribution in [2.75, 3.05) is 4.90 Å². The van der Waals surface area contributed by atoms with Crippen LogP contribution in [0.5, 0.6) is 0 Å². The van der Waals surface area contributed by atoms with Gasteiger partial charge in [-0.15, -0.1) is 0 Å². The Morgan fingerprint density at radius 1 is 0.362 bits per heavy atom. The van der Waals surface area contributed by atoms with Crippen molar-refractivity contribution in [2.45, 2.75) is 27.7 Å². The van der Waals surface area contributed by atoms with Gasteiger partial charge in [-0.05, 0) is 85.3 Å². The topological polar surface area (TPSA) is 42.3 Å². The first kappa shape index (κ1) is 35.1. The molecule has 4 nitrogen and oxygen atoms in total. The number of aryl methyl sites for hydroxylation is 4. The Morgan fingerprint density at radius 2 is 0.810 bits per heavy atom. The van der Waals surface area contributed by atoms with Gasteiger partial charge in [0.25, 0.3) is 11.8 Å². The molecule has 0 unspecified atom stereocenters. The highest BCUT2D eigenvalue weighted by Crippen LogP contribution is 2.45. The summed E-state index contributed by atoms with van der Waals surface area (Å²) >= 11 is 0. The van der Waals surface area contributed by atoms with Gasteiger partial charge >= 0.3 is 0 Å². The van der Waals surface area contributed by atoms with Crippen LogP contribution >= 0.6 is 0 Å². The van der Waals surface area contributed by atoms with Crippen molar-refractivity contribution in [1.29, 1.82) is 0 Å². The molecule has 0 spiro atoms. The first-order valence-electron chi connectivity index (χ1n) is 19.7. The Morgan fingerprint density at radius 3 is 1.29 bits per heavy atom. The maximum Gasteiger partial charge on any atom is 0.268 e. The molecule has 0 bridgehead atoms.